The number of hydrogen-bond donors (Lipinski definition) is 0. The molecule has 0 bridgehead atoms. The number of benzene rings is 2. The number of fused-ring (bicyclic) bond motifs is 1. The van der Waals surface area contributed by atoms with Crippen molar-refractivity contribution in [3.8, 4) is 16.3 Å². The molecular weight excluding hydrogens is 280 g/mol. The SMILES string of the molecule is Cc1cc(-c2nc3ccccc3s2)ccc1-n1cnnc1. The standard InChI is InChI=1S/C16H12N4S/c1-11-8-12(6-7-14(11)20-9-17-18-10-20)16-19-13-4-2-3-5-15(13)21-16/h2-10H,1H3. The molecule has 0 N–H and O–H groups in total. The maximum absolute atomic E-state index is 4.70. The summed E-state index contributed by atoms with van der Waals surface area (Å²) in [5.74, 6) is 0. The number of aryl methyl sites for hydroxylation is 1. The average molecular weight is 292 g/mol. The van der Waals surface area contributed by atoms with E-state index < -0.39 is 0 Å². The second kappa shape index (κ2) is 4.79. The van der Waals surface area contributed by atoms with E-state index in [1.54, 1.807) is 24.0 Å². The van der Waals surface area contributed by atoms with E-state index in [0.29, 0.717) is 0 Å². The molecule has 4 rings (SSSR count). The summed E-state index contributed by atoms with van der Waals surface area (Å²) in [4.78, 5) is 4.70. The maximum Gasteiger partial charge on any atom is 0.124 e. The van der Waals surface area contributed by atoms with Crippen molar-refractivity contribution in [3.63, 3.8) is 0 Å². The van der Waals surface area contributed by atoms with Gasteiger partial charge < -0.3 is 0 Å². The summed E-state index contributed by atoms with van der Waals surface area (Å²) in [5.41, 5.74) is 4.46. The highest BCUT2D eigenvalue weighted by Crippen LogP contribution is 2.31. The number of para-hydroxylation sites is 1. The average Bonchev–Trinajstić information content (AvgIpc) is 3.16. The molecule has 0 amide bonds. The van der Waals surface area contributed by atoms with Crippen molar-refractivity contribution in [2.75, 3.05) is 0 Å². The van der Waals surface area contributed by atoms with Crippen LogP contribution in [0, 0.1) is 6.92 Å². The predicted octanol–water partition coefficient (Wildman–Crippen LogP) is 3.85. The Labute approximate surface area is 125 Å². The molecule has 2 aromatic carbocycles. The fourth-order valence-electron chi connectivity index (χ4n) is 2.40. The van der Waals surface area contributed by atoms with E-state index in [2.05, 4.69) is 41.4 Å². The summed E-state index contributed by atoms with van der Waals surface area (Å²) in [5, 5.41) is 8.75. The molecule has 21 heavy (non-hydrogen) atoms. The minimum absolute atomic E-state index is 1.05. The molecule has 0 spiro atoms. The zero-order chi connectivity index (χ0) is 14.2. The number of nitrogens with zero attached hydrogens (tertiary/aromatic N) is 4. The molecule has 102 valence electrons. The highest BCUT2D eigenvalue weighted by molar-refractivity contribution is 7.21. The number of aromatic nitrogens is 4. The Kier molecular flexibility index (Phi) is 2.79. The molecule has 0 radical (unpaired) electrons. The summed E-state index contributed by atoms with van der Waals surface area (Å²) < 4.78 is 3.13. The molecule has 4 nitrogen and oxygen atoms in total. The van der Waals surface area contributed by atoms with E-state index in [-0.39, 0.29) is 0 Å². The van der Waals surface area contributed by atoms with Crippen LogP contribution in [0.3, 0.4) is 0 Å². The highest BCUT2D eigenvalue weighted by Gasteiger charge is 2.08. The first-order valence-electron chi connectivity index (χ1n) is 6.63. The van der Waals surface area contributed by atoms with Crippen molar-refractivity contribution in [1.82, 2.24) is 19.7 Å². The smallest absolute Gasteiger partial charge is 0.124 e. The Morgan fingerprint density at radius 2 is 1.81 bits per heavy atom. The monoisotopic (exact) mass is 292 g/mol. The van der Waals surface area contributed by atoms with Crippen LogP contribution in [0.2, 0.25) is 0 Å². The Balaban J connectivity index is 1.80. The summed E-state index contributed by atoms with van der Waals surface area (Å²) in [6.07, 6.45) is 3.42. The lowest BCUT2D eigenvalue weighted by atomic mass is 10.1. The van der Waals surface area contributed by atoms with E-state index in [0.717, 1.165) is 21.8 Å². The molecule has 5 heteroatoms. The first-order chi connectivity index (χ1) is 10.3. The van der Waals surface area contributed by atoms with Crippen LogP contribution in [0.15, 0.2) is 55.1 Å². The van der Waals surface area contributed by atoms with Crippen LogP contribution in [0.25, 0.3) is 26.5 Å². The highest BCUT2D eigenvalue weighted by atomic mass is 32.1. The van der Waals surface area contributed by atoms with E-state index in [1.807, 2.05) is 22.8 Å². The van der Waals surface area contributed by atoms with Crippen molar-refractivity contribution >= 4 is 21.6 Å². The van der Waals surface area contributed by atoms with Gasteiger partial charge in [-0.1, -0.05) is 12.1 Å². The van der Waals surface area contributed by atoms with Crippen molar-refractivity contribution < 1.29 is 0 Å². The minimum Gasteiger partial charge on any atom is -0.288 e. The molecule has 0 unspecified atom stereocenters. The second-order valence-electron chi connectivity index (χ2n) is 4.86. The Morgan fingerprint density at radius 1 is 1.00 bits per heavy atom. The Morgan fingerprint density at radius 3 is 2.57 bits per heavy atom. The molecule has 4 aromatic rings. The van der Waals surface area contributed by atoms with Gasteiger partial charge in [-0.2, -0.15) is 0 Å². The molecule has 0 saturated carbocycles. The van der Waals surface area contributed by atoms with Crippen molar-refractivity contribution in [2.45, 2.75) is 6.92 Å². The quantitative estimate of drug-likeness (QED) is 0.563. The van der Waals surface area contributed by atoms with Crippen LogP contribution in [-0.4, -0.2) is 19.7 Å². The molecule has 2 aromatic heterocycles. The summed E-state index contributed by atoms with van der Waals surface area (Å²) in [6.45, 7) is 2.09. The van der Waals surface area contributed by atoms with Crippen LogP contribution in [0.4, 0.5) is 0 Å². The lowest BCUT2D eigenvalue weighted by Crippen LogP contribution is -1.94. The molecule has 2 heterocycles. The zero-order valence-electron chi connectivity index (χ0n) is 11.4. The summed E-state index contributed by atoms with van der Waals surface area (Å²) >= 11 is 1.72. The van der Waals surface area contributed by atoms with Gasteiger partial charge in [0.2, 0.25) is 0 Å². The zero-order valence-corrected chi connectivity index (χ0v) is 12.2. The second-order valence-corrected chi connectivity index (χ2v) is 5.89. The van der Waals surface area contributed by atoms with Gasteiger partial charge in [0.1, 0.15) is 17.7 Å². The first-order valence-corrected chi connectivity index (χ1v) is 7.44. The molecular formula is C16H12N4S. The van der Waals surface area contributed by atoms with Crippen LogP contribution < -0.4 is 0 Å². The van der Waals surface area contributed by atoms with Crippen molar-refractivity contribution in [2.24, 2.45) is 0 Å². The largest absolute Gasteiger partial charge is 0.288 e. The van der Waals surface area contributed by atoms with Crippen molar-refractivity contribution in [1.29, 1.82) is 0 Å². The molecule has 0 saturated heterocycles. The van der Waals surface area contributed by atoms with Crippen LogP contribution >= 0.6 is 11.3 Å². The van der Waals surface area contributed by atoms with Crippen LogP contribution in [0.1, 0.15) is 5.56 Å². The van der Waals surface area contributed by atoms with E-state index in [9.17, 15) is 0 Å². The van der Waals surface area contributed by atoms with Gasteiger partial charge in [-0.25, -0.2) is 4.98 Å². The fourth-order valence-corrected chi connectivity index (χ4v) is 3.36. The molecule has 0 aliphatic carbocycles. The minimum atomic E-state index is 1.05. The lowest BCUT2D eigenvalue weighted by Gasteiger charge is -2.07. The number of hydrogen-bond acceptors (Lipinski definition) is 4. The third-order valence-corrected chi connectivity index (χ3v) is 4.52. The van der Waals surface area contributed by atoms with Gasteiger partial charge in [-0.05, 0) is 42.8 Å². The van der Waals surface area contributed by atoms with Gasteiger partial charge in [0.15, 0.2) is 0 Å². The van der Waals surface area contributed by atoms with Crippen LogP contribution in [0.5, 0.6) is 0 Å². The molecule has 0 aliphatic heterocycles. The van der Waals surface area contributed by atoms with E-state index in [4.69, 9.17) is 4.98 Å². The number of rotatable bonds is 2. The summed E-state index contributed by atoms with van der Waals surface area (Å²) in [6, 6.07) is 14.6. The van der Waals surface area contributed by atoms with Gasteiger partial charge in [-0.3, -0.25) is 4.57 Å². The molecule has 0 aliphatic rings. The predicted molar refractivity (Wildman–Crippen MR) is 84.7 cm³/mol. The normalized spacial score (nSPS) is 11.1. The van der Waals surface area contributed by atoms with Gasteiger partial charge in [-0.15, -0.1) is 21.5 Å². The Hall–Kier alpha value is -2.53. The number of thiazole rings is 1. The van der Waals surface area contributed by atoms with Gasteiger partial charge in [0, 0.05) is 5.56 Å². The third kappa shape index (κ3) is 2.11. The van der Waals surface area contributed by atoms with Gasteiger partial charge in [0.05, 0.1) is 15.9 Å². The maximum atomic E-state index is 4.70. The topological polar surface area (TPSA) is 43.6 Å². The Bertz CT molecular complexity index is 876. The fraction of sp³-hybridized carbons (Fsp3) is 0.0625. The van der Waals surface area contributed by atoms with Crippen molar-refractivity contribution in [3.05, 3.63) is 60.7 Å². The summed E-state index contributed by atoms with van der Waals surface area (Å²) in [7, 11) is 0. The lowest BCUT2D eigenvalue weighted by molar-refractivity contribution is 1.04. The van der Waals surface area contributed by atoms with E-state index in [1.165, 1.54) is 10.3 Å². The van der Waals surface area contributed by atoms with Gasteiger partial charge >= 0.3 is 0 Å². The molecule has 0 fully saturated rings. The van der Waals surface area contributed by atoms with Crippen LogP contribution in [-0.2, 0) is 0 Å². The third-order valence-electron chi connectivity index (χ3n) is 3.43. The van der Waals surface area contributed by atoms with E-state index >= 15 is 0 Å². The first kappa shape index (κ1) is 12.2. The molecule has 0 atom stereocenters. The van der Waals surface area contributed by atoms with Gasteiger partial charge in [0.25, 0.3) is 0 Å².